The quantitative estimate of drug-likeness (QED) is 0.545. The molecule has 7 heteroatoms. The normalized spacial score (nSPS) is 17.4. The van der Waals surface area contributed by atoms with E-state index in [0.717, 1.165) is 5.56 Å². The molecule has 4 rings (SSSR count). The van der Waals surface area contributed by atoms with Crippen LogP contribution in [0.4, 0.5) is 15.8 Å². The summed E-state index contributed by atoms with van der Waals surface area (Å²) in [5.74, 6) is -0.744. The van der Waals surface area contributed by atoms with Gasteiger partial charge in [0.05, 0.1) is 12.1 Å². The molecule has 0 fully saturated rings. The van der Waals surface area contributed by atoms with Crippen molar-refractivity contribution in [2.24, 2.45) is 0 Å². The number of fused-ring (bicyclic) bond motifs is 1. The summed E-state index contributed by atoms with van der Waals surface area (Å²) >= 11 is 6.06. The van der Waals surface area contributed by atoms with E-state index in [-0.39, 0.29) is 24.0 Å². The summed E-state index contributed by atoms with van der Waals surface area (Å²) in [7, 11) is 0. The number of amides is 2. The van der Waals surface area contributed by atoms with Crippen molar-refractivity contribution in [3.63, 3.8) is 0 Å². The monoisotopic (exact) mass is 466 g/mol. The maximum Gasteiger partial charge on any atom is 0.258 e. The highest BCUT2D eigenvalue weighted by Gasteiger charge is 2.40. The van der Waals surface area contributed by atoms with Crippen LogP contribution in [0.15, 0.2) is 66.7 Å². The minimum atomic E-state index is -0.427. The van der Waals surface area contributed by atoms with Crippen molar-refractivity contribution in [3.8, 4) is 5.75 Å². The largest absolute Gasteiger partial charge is 0.508 e. The number of aromatic hydroxyl groups is 1. The van der Waals surface area contributed by atoms with Crippen LogP contribution in [0.5, 0.6) is 5.75 Å². The Morgan fingerprint density at radius 2 is 1.76 bits per heavy atom. The first-order chi connectivity index (χ1) is 15.8. The predicted octanol–water partition coefficient (Wildman–Crippen LogP) is 5.59. The topological polar surface area (TPSA) is 60.9 Å². The highest BCUT2D eigenvalue weighted by atomic mass is 35.5. The smallest absolute Gasteiger partial charge is 0.258 e. The van der Waals surface area contributed by atoms with Gasteiger partial charge in [-0.2, -0.15) is 0 Å². The Morgan fingerprint density at radius 1 is 1.09 bits per heavy atom. The first kappa shape index (κ1) is 22.8. The molecule has 2 amide bonds. The molecule has 3 aromatic rings. The van der Waals surface area contributed by atoms with Gasteiger partial charge in [-0.25, -0.2) is 4.39 Å². The number of hydrogen-bond acceptors (Lipinski definition) is 3. The molecule has 0 aliphatic carbocycles. The summed E-state index contributed by atoms with van der Waals surface area (Å²) < 4.78 is 13.5. The molecule has 1 heterocycles. The van der Waals surface area contributed by atoms with Crippen molar-refractivity contribution in [1.29, 1.82) is 0 Å². The Hall–Kier alpha value is -3.38. The van der Waals surface area contributed by atoms with Crippen LogP contribution in [-0.2, 0) is 11.2 Å². The Kier molecular flexibility index (Phi) is 6.38. The molecule has 33 heavy (non-hydrogen) atoms. The molecule has 0 unspecified atom stereocenters. The Balaban J connectivity index is 1.82. The average Bonchev–Trinajstić information content (AvgIpc) is 2.81. The third kappa shape index (κ3) is 4.44. The van der Waals surface area contributed by atoms with Gasteiger partial charge in [-0.05, 0) is 85.6 Å². The molecule has 0 saturated heterocycles. The molecule has 1 aliphatic heterocycles. The van der Waals surface area contributed by atoms with Gasteiger partial charge >= 0.3 is 0 Å². The molecule has 170 valence electrons. The second-order valence-corrected chi connectivity index (χ2v) is 8.54. The van der Waals surface area contributed by atoms with Gasteiger partial charge in [0, 0.05) is 28.4 Å². The van der Waals surface area contributed by atoms with Crippen LogP contribution >= 0.6 is 11.6 Å². The van der Waals surface area contributed by atoms with E-state index in [0.29, 0.717) is 28.4 Å². The molecule has 0 radical (unpaired) electrons. The molecule has 1 N–H and O–H groups in total. The summed E-state index contributed by atoms with van der Waals surface area (Å²) in [6, 6.07) is 16.5. The fourth-order valence-electron chi connectivity index (χ4n) is 4.38. The minimum absolute atomic E-state index is 0.0797. The summed E-state index contributed by atoms with van der Waals surface area (Å²) in [5.41, 5.74) is 2.42. The molecule has 0 bridgehead atoms. The zero-order valence-corrected chi connectivity index (χ0v) is 19.1. The van der Waals surface area contributed by atoms with Gasteiger partial charge in [0.2, 0.25) is 5.91 Å². The standard InChI is InChI=1S/C26H24ClFN2O3/c1-3-25(32)30(21-10-6-19(27)7-11-21)24-15-18-14-22(31)12-13-23(18)29(16(24)2)26(33)17-4-8-20(28)9-5-17/h4-14,16,24,31H,3,15H2,1-2H3/t16-,24-/m1/s1. The van der Waals surface area contributed by atoms with Gasteiger partial charge in [-0.1, -0.05) is 18.5 Å². The fraction of sp³-hybridized carbons (Fsp3) is 0.231. The minimum Gasteiger partial charge on any atom is -0.508 e. The first-order valence-corrected chi connectivity index (χ1v) is 11.2. The van der Waals surface area contributed by atoms with E-state index in [9.17, 15) is 19.1 Å². The van der Waals surface area contributed by atoms with Crippen molar-refractivity contribution in [3.05, 3.63) is 88.7 Å². The maximum atomic E-state index is 13.6. The zero-order valence-electron chi connectivity index (χ0n) is 18.3. The van der Waals surface area contributed by atoms with Gasteiger partial charge in [0.25, 0.3) is 5.91 Å². The highest BCUT2D eigenvalue weighted by molar-refractivity contribution is 6.30. The number of carbonyl (C=O) groups excluding carboxylic acids is 2. The summed E-state index contributed by atoms with van der Waals surface area (Å²) in [6.07, 6.45) is 0.733. The number of halogens is 2. The van der Waals surface area contributed by atoms with Crippen LogP contribution < -0.4 is 9.80 Å². The Morgan fingerprint density at radius 3 is 2.39 bits per heavy atom. The van der Waals surface area contributed by atoms with Crippen LogP contribution in [-0.4, -0.2) is 29.0 Å². The summed E-state index contributed by atoms with van der Waals surface area (Å²) in [4.78, 5) is 30.0. The second kappa shape index (κ2) is 9.24. The lowest BCUT2D eigenvalue weighted by Gasteiger charge is -2.45. The van der Waals surface area contributed by atoms with Crippen molar-refractivity contribution in [2.45, 2.75) is 38.8 Å². The lowest BCUT2D eigenvalue weighted by Crippen LogP contribution is -2.58. The van der Waals surface area contributed by atoms with E-state index in [2.05, 4.69) is 0 Å². The Bertz CT molecular complexity index is 1180. The van der Waals surface area contributed by atoms with E-state index < -0.39 is 17.9 Å². The van der Waals surface area contributed by atoms with Crippen molar-refractivity contribution < 1.29 is 19.1 Å². The number of phenols is 1. The molecular weight excluding hydrogens is 443 g/mol. The molecule has 5 nitrogen and oxygen atoms in total. The molecule has 0 saturated carbocycles. The van der Waals surface area contributed by atoms with E-state index in [1.165, 1.54) is 30.3 Å². The third-order valence-electron chi connectivity index (χ3n) is 6.03. The first-order valence-electron chi connectivity index (χ1n) is 10.8. The van der Waals surface area contributed by atoms with Crippen LogP contribution in [0, 0.1) is 5.82 Å². The predicted molar refractivity (Wildman–Crippen MR) is 127 cm³/mol. The molecule has 3 aromatic carbocycles. The maximum absolute atomic E-state index is 13.6. The summed E-state index contributed by atoms with van der Waals surface area (Å²) in [5, 5.41) is 10.7. The molecule has 0 aromatic heterocycles. The van der Waals surface area contributed by atoms with E-state index in [1.807, 2.05) is 6.92 Å². The zero-order chi connectivity index (χ0) is 23.7. The number of hydrogen-bond donors (Lipinski definition) is 1. The summed E-state index contributed by atoms with van der Waals surface area (Å²) in [6.45, 7) is 3.69. The molecule has 2 atom stereocenters. The number of rotatable bonds is 4. The number of benzene rings is 3. The van der Waals surface area contributed by atoms with Crippen LogP contribution in [0.25, 0.3) is 0 Å². The SMILES string of the molecule is CCC(=O)N(c1ccc(Cl)cc1)[C@@H]1Cc2cc(O)ccc2N(C(=O)c2ccc(F)cc2)[C@@H]1C. The highest BCUT2D eigenvalue weighted by Crippen LogP contribution is 2.38. The number of phenolic OH excluding ortho intramolecular Hbond substituents is 1. The number of nitrogens with zero attached hydrogens (tertiary/aromatic N) is 2. The van der Waals surface area contributed by atoms with E-state index in [4.69, 9.17) is 11.6 Å². The van der Waals surface area contributed by atoms with Crippen LogP contribution in [0.2, 0.25) is 5.02 Å². The van der Waals surface area contributed by atoms with Crippen molar-refractivity contribution >= 4 is 34.8 Å². The lowest BCUT2D eigenvalue weighted by molar-refractivity contribution is -0.118. The second-order valence-electron chi connectivity index (χ2n) is 8.10. The number of anilines is 2. The molecule has 0 spiro atoms. The average molecular weight is 467 g/mol. The Labute approximate surface area is 197 Å². The molecular formula is C26H24ClFN2O3. The molecule has 1 aliphatic rings. The van der Waals surface area contributed by atoms with Gasteiger partial charge in [-0.15, -0.1) is 0 Å². The van der Waals surface area contributed by atoms with Gasteiger partial charge in [0.15, 0.2) is 0 Å². The van der Waals surface area contributed by atoms with Gasteiger partial charge in [0.1, 0.15) is 11.6 Å². The fourth-order valence-corrected chi connectivity index (χ4v) is 4.51. The van der Waals surface area contributed by atoms with Crippen molar-refractivity contribution in [1.82, 2.24) is 0 Å². The van der Waals surface area contributed by atoms with E-state index in [1.54, 1.807) is 53.1 Å². The van der Waals surface area contributed by atoms with Crippen molar-refractivity contribution in [2.75, 3.05) is 9.80 Å². The van der Waals surface area contributed by atoms with Gasteiger partial charge < -0.3 is 14.9 Å². The van der Waals surface area contributed by atoms with Crippen LogP contribution in [0.3, 0.4) is 0 Å². The van der Waals surface area contributed by atoms with Crippen LogP contribution in [0.1, 0.15) is 36.2 Å². The van der Waals surface area contributed by atoms with Gasteiger partial charge in [-0.3, -0.25) is 9.59 Å². The lowest BCUT2D eigenvalue weighted by atomic mass is 9.89. The number of carbonyl (C=O) groups is 2. The van der Waals surface area contributed by atoms with E-state index >= 15 is 0 Å². The third-order valence-corrected chi connectivity index (χ3v) is 6.29.